The molecule has 0 aliphatic rings. The molecule has 0 unspecified atom stereocenters. The van der Waals surface area contributed by atoms with Gasteiger partial charge in [0.1, 0.15) is 0 Å². The Morgan fingerprint density at radius 1 is 0.800 bits per heavy atom. The van der Waals surface area contributed by atoms with Gasteiger partial charge in [0.25, 0.3) is 5.12 Å². The second-order valence-corrected chi connectivity index (χ2v) is 14.9. The van der Waals surface area contributed by atoms with Gasteiger partial charge in [0.2, 0.25) is 9.84 Å². The first kappa shape index (κ1) is 22.2. The highest BCUT2D eigenvalue weighted by atomic mass is 32.2. The Balaban J connectivity index is 2.08. The fraction of sp³-hybridized carbons (Fsp3) is 0.240. The van der Waals surface area contributed by atoms with Crippen molar-refractivity contribution in [1.29, 1.82) is 0 Å². The lowest BCUT2D eigenvalue weighted by Gasteiger charge is -2.37. The van der Waals surface area contributed by atoms with Gasteiger partial charge in [0.05, 0.1) is 13.0 Å². The first-order valence-corrected chi connectivity index (χ1v) is 14.7. The predicted molar refractivity (Wildman–Crippen MR) is 125 cm³/mol. The van der Waals surface area contributed by atoms with Gasteiger partial charge in [-0.2, -0.15) is 0 Å². The van der Waals surface area contributed by atoms with Crippen molar-refractivity contribution in [2.24, 2.45) is 5.92 Å². The van der Waals surface area contributed by atoms with Crippen LogP contribution in [-0.4, -0.2) is 21.6 Å². The molecule has 2 atom stereocenters. The van der Waals surface area contributed by atoms with E-state index >= 15 is 0 Å². The summed E-state index contributed by atoms with van der Waals surface area (Å²) in [5.41, 5.74) is 1.79. The van der Waals surface area contributed by atoms with Crippen molar-refractivity contribution in [3.8, 4) is 0 Å². The van der Waals surface area contributed by atoms with Crippen LogP contribution in [0.25, 0.3) is 0 Å². The van der Waals surface area contributed by atoms with E-state index < -0.39 is 28.9 Å². The molecule has 0 spiro atoms. The zero-order valence-corrected chi connectivity index (χ0v) is 19.7. The van der Waals surface area contributed by atoms with Crippen LogP contribution in [0.5, 0.6) is 0 Å². The van der Waals surface area contributed by atoms with Gasteiger partial charge in [0.15, 0.2) is 0 Å². The summed E-state index contributed by atoms with van der Waals surface area (Å²) in [7, 11) is -6.32. The number of hydrogen-bond donors (Lipinski definition) is 0. The molecular weight excluding hydrogens is 408 g/mol. The SMILES string of the molecule is Cc1ccc(S(=O)(=O)C(=O)[C@@H](C)[C@H](c2ccccc2)[Si](C)(C)c2ccccc2)cc1. The Hall–Kier alpha value is -2.50. The number of carbonyl (C=O) groups excluding carboxylic acids is 1. The maximum atomic E-state index is 13.4. The Labute approximate surface area is 180 Å². The van der Waals surface area contributed by atoms with Gasteiger partial charge in [-0.3, -0.25) is 4.79 Å². The molecule has 156 valence electrons. The number of sulfone groups is 1. The molecule has 3 aromatic carbocycles. The zero-order valence-electron chi connectivity index (χ0n) is 17.9. The standard InChI is InChI=1S/C25H28O3SSi/c1-19-15-17-22(18-16-19)29(27,28)25(26)20(2)24(21-11-7-5-8-12-21)30(3,4)23-13-9-6-10-14-23/h5-18,20,24H,1-4H3/t20-,24+/m0/s1. The van der Waals surface area contributed by atoms with Gasteiger partial charge in [0, 0.05) is 5.92 Å². The fourth-order valence-electron chi connectivity index (χ4n) is 4.25. The van der Waals surface area contributed by atoms with Gasteiger partial charge in [-0.05, 0) is 30.2 Å². The van der Waals surface area contributed by atoms with E-state index in [0.29, 0.717) is 0 Å². The van der Waals surface area contributed by atoms with Crippen molar-refractivity contribution in [3.05, 3.63) is 96.1 Å². The minimum atomic E-state index is -4.07. The number of hydrogen-bond acceptors (Lipinski definition) is 3. The van der Waals surface area contributed by atoms with E-state index in [2.05, 4.69) is 25.2 Å². The van der Waals surface area contributed by atoms with Crippen LogP contribution < -0.4 is 5.19 Å². The molecule has 3 rings (SSSR count). The normalized spacial score (nSPS) is 14.1. The van der Waals surface area contributed by atoms with E-state index in [-0.39, 0.29) is 10.4 Å². The Bertz CT molecular complexity index is 1110. The third-order valence-electron chi connectivity index (χ3n) is 5.92. The molecule has 0 aromatic heterocycles. The van der Waals surface area contributed by atoms with Crippen LogP contribution in [-0.2, 0) is 14.6 Å². The monoisotopic (exact) mass is 436 g/mol. The van der Waals surface area contributed by atoms with E-state index in [1.807, 2.05) is 55.5 Å². The maximum Gasteiger partial charge on any atom is 0.254 e. The highest BCUT2D eigenvalue weighted by Gasteiger charge is 2.44. The summed E-state index contributed by atoms with van der Waals surface area (Å²) in [6, 6.07) is 26.5. The number of aryl methyl sites for hydroxylation is 1. The van der Waals surface area contributed by atoms with Gasteiger partial charge < -0.3 is 0 Å². The molecule has 0 bridgehead atoms. The van der Waals surface area contributed by atoms with Crippen molar-refractivity contribution in [2.75, 3.05) is 0 Å². The minimum absolute atomic E-state index is 0.0657. The van der Waals surface area contributed by atoms with Crippen LogP contribution in [0, 0.1) is 12.8 Å². The maximum absolute atomic E-state index is 13.4. The third kappa shape index (κ3) is 4.32. The van der Waals surface area contributed by atoms with Crippen molar-refractivity contribution in [2.45, 2.75) is 37.4 Å². The average molecular weight is 437 g/mol. The topological polar surface area (TPSA) is 51.2 Å². The molecule has 5 heteroatoms. The summed E-state index contributed by atoms with van der Waals surface area (Å²) in [5.74, 6) is -0.666. The molecule has 0 aliphatic heterocycles. The van der Waals surface area contributed by atoms with Crippen molar-refractivity contribution < 1.29 is 13.2 Å². The van der Waals surface area contributed by atoms with Crippen LogP contribution in [0.4, 0.5) is 0 Å². The summed E-state index contributed by atoms with van der Waals surface area (Å²) >= 11 is 0. The van der Waals surface area contributed by atoms with Crippen molar-refractivity contribution in [3.63, 3.8) is 0 Å². The van der Waals surface area contributed by atoms with Gasteiger partial charge >= 0.3 is 0 Å². The first-order valence-electron chi connectivity index (χ1n) is 10.1. The van der Waals surface area contributed by atoms with Crippen molar-refractivity contribution in [1.82, 2.24) is 0 Å². The van der Waals surface area contributed by atoms with Gasteiger partial charge in [-0.1, -0.05) is 104 Å². The molecule has 0 amide bonds. The van der Waals surface area contributed by atoms with E-state index in [0.717, 1.165) is 11.1 Å². The Morgan fingerprint density at radius 2 is 1.30 bits per heavy atom. The summed E-state index contributed by atoms with van der Waals surface area (Å²) in [6.07, 6.45) is 0. The lowest BCUT2D eigenvalue weighted by Crippen LogP contribution is -2.51. The molecule has 30 heavy (non-hydrogen) atoms. The molecule has 3 nitrogen and oxygen atoms in total. The van der Waals surface area contributed by atoms with E-state index in [1.165, 1.54) is 17.3 Å². The molecule has 0 saturated heterocycles. The largest absolute Gasteiger partial charge is 0.281 e. The third-order valence-corrected chi connectivity index (χ3v) is 11.9. The lowest BCUT2D eigenvalue weighted by atomic mass is 10.0. The smallest absolute Gasteiger partial charge is 0.254 e. The number of rotatable bonds is 6. The van der Waals surface area contributed by atoms with Crippen molar-refractivity contribution >= 4 is 28.2 Å². The molecule has 0 N–H and O–H groups in total. The van der Waals surface area contributed by atoms with Crippen LogP contribution in [0.3, 0.4) is 0 Å². The van der Waals surface area contributed by atoms with E-state index in [9.17, 15) is 13.2 Å². The van der Waals surface area contributed by atoms with Crippen LogP contribution in [0.15, 0.2) is 89.8 Å². The second-order valence-electron chi connectivity index (χ2n) is 8.40. The van der Waals surface area contributed by atoms with Gasteiger partial charge in [-0.15, -0.1) is 0 Å². The molecule has 0 fully saturated rings. The second kappa shape index (κ2) is 8.70. The summed E-state index contributed by atoms with van der Waals surface area (Å²) < 4.78 is 26.3. The van der Waals surface area contributed by atoms with Crippen LogP contribution in [0.2, 0.25) is 13.1 Å². The highest BCUT2D eigenvalue weighted by molar-refractivity contribution is 8.06. The molecule has 0 radical (unpaired) electrons. The summed E-state index contributed by atoms with van der Waals surface area (Å²) in [5, 5.41) is 0.489. The highest BCUT2D eigenvalue weighted by Crippen LogP contribution is 2.36. The van der Waals surface area contributed by atoms with E-state index in [4.69, 9.17) is 0 Å². The number of benzene rings is 3. The minimum Gasteiger partial charge on any atom is -0.281 e. The fourth-order valence-corrected chi connectivity index (χ4v) is 9.56. The molecule has 0 heterocycles. The lowest BCUT2D eigenvalue weighted by molar-refractivity contribution is -0.114. The molecule has 0 saturated carbocycles. The molecule has 3 aromatic rings. The van der Waals surface area contributed by atoms with Crippen LogP contribution in [0.1, 0.15) is 23.6 Å². The number of carbonyl (C=O) groups is 1. The van der Waals surface area contributed by atoms with Gasteiger partial charge in [-0.25, -0.2) is 8.42 Å². The Morgan fingerprint density at radius 3 is 1.83 bits per heavy atom. The first-order chi connectivity index (χ1) is 14.2. The zero-order chi connectivity index (χ0) is 21.9. The quantitative estimate of drug-likeness (QED) is 0.518. The van der Waals surface area contributed by atoms with Crippen LogP contribution >= 0.6 is 0 Å². The summed E-state index contributed by atoms with van der Waals surface area (Å²) in [4.78, 5) is 13.4. The predicted octanol–water partition coefficient (Wildman–Crippen LogP) is 4.87. The average Bonchev–Trinajstić information content (AvgIpc) is 2.74. The Kier molecular flexibility index (Phi) is 6.43. The van der Waals surface area contributed by atoms with E-state index in [1.54, 1.807) is 19.1 Å². The molecular formula is C25H28O3SSi. The summed E-state index contributed by atoms with van der Waals surface area (Å²) in [6.45, 7) is 8.08. The molecule has 0 aliphatic carbocycles.